The summed E-state index contributed by atoms with van der Waals surface area (Å²) in [5.74, 6) is -1.28. The third-order valence-electron chi connectivity index (χ3n) is 2.24. The lowest BCUT2D eigenvalue weighted by Gasteiger charge is -2.10. The molecule has 1 aromatic rings. The van der Waals surface area contributed by atoms with E-state index in [4.69, 9.17) is 9.84 Å². The molecule has 0 unspecified atom stereocenters. The molecule has 0 atom stereocenters. The van der Waals surface area contributed by atoms with Crippen molar-refractivity contribution in [3.8, 4) is 0 Å². The second-order valence-electron chi connectivity index (χ2n) is 4.02. The summed E-state index contributed by atoms with van der Waals surface area (Å²) in [6, 6.07) is 5.89. The number of carbonyl (C=O) groups is 1. The van der Waals surface area contributed by atoms with Gasteiger partial charge >= 0.3 is 5.97 Å². The Morgan fingerprint density at radius 1 is 1.33 bits per heavy atom. The van der Waals surface area contributed by atoms with Gasteiger partial charge in [-0.2, -0.15) is 0 Å². The molecular formula is C14H15FO3. The van der Waals surface area contributed by atoms with Crippen LogP contribution in [0.25, 0.3) is 0 Å². The predicted molar refractivity (Wildman–Crippen MR) is 66.3 cm³/mol. The van der Waals surface area contributed by atoms with E-state index in [1.54, 1.807) is 26.0 Å². The molecule has 0 aromatic heterocycles. The largest absolute Gasteiger partial charge is 0.475 e. The summed E-state index contributed by atoms with van der Waals surface area (Å²) in [5.41, 5.74) is 1.37. The van der Waals surface area contributed by atoms with E-state index < -0.39 is 5.97 Å². The summed E-state index contributed by atoms with van der Waals surface area (Å²) in [6.07, 6.45) is 0.384. The molecule has 4 heteroatoms. The topological polar surface area (TPSA) is 46.5 Å². The molecule has 0 saturated carbocycles. The van der Waals surface area contributed by atoms with Crippen LogP contribution in [-0.2, 0) is 16.0 Å². The van der Waals surface area contributed by atoms with Crippen LogP contribution in [0.2, 0.25) is 0 Å². The van der Waals surface area contributed by atoms with Crippen LogP contribution in [0.4, 0.5) is 4.39 Å². The maximum atomic E-state index is 12.7. The number of ether oxygens (including phenoxy) is 1. The van der Waals surface area contributed by atoms with Crippen LogP contribution in [-0.4, -0.2) is 11.1 Å². The molecule has 0 aliphatic rings. The van der Waals surface area contributed by atoms with E-state index in [0.717, 1.165) is 5.56 Å². The summed E-state index contributed by atoms with van der Waals surface area (Å²) in [5, 5.41) is 9.03. The van der Waals surface area contributed by atoms with Gasteiger partial charge in [0.05, 0.1) is 5.76 Å². The maximum Gasteiger partial charge on any atom is 0.371 e. The van der Waals surface area contributed by atoms with Gasteiger partial charge in [-0.25, -0.2) is 9.18 Å². The molecule has 1 aromatic carbocycles. The molecule has 0 bridgehead atoms. The van der Waals surface area contributed by atoms with Crippen LogP contribution in [0.3, 0.4) is 0 Å². The molecular weight excluding hydrogens is 235 g/mol. The average molecular weight is 250 g/mol. The van der Waals surface area contributed by atoms with Gasteiger partial charge in [0.15, 0.2) is 0 Å². The molecule has 0 saturated heterocycles. The smallest absolute Gasteiger partial charge is 0.371 e. The molecule has 1 N–H and O–H groups in total. The van der Waals surface area contributed by atoms with E-state index in [0.29, 0.717) is 17.8 Å². The Bertz CT molecular complexity index is 486. The minimum absolute atomic E-state index is 0.133. The first-order valence-corrected chi connectivity index (χ1v) is 5.41. The molecule has 0 heterocycles. The lowest BCUT2D eigenvalue weighted by molar-refractivity contribution is -0.136. The van der Waals surface area contributed by atoms with E-state index in [1.807, 2.05) is 0 Å². The van der Waals surface area contributed by atoms with E-state index in [1.165, 1.54) is 12.1 Å². The molecule has 0 fully saturated rings. The zero-order valence-corrected chi connectivity index (χ0v) is 10.4. The van der Waals surface area contributed by atoms with Crippen molar-refractivity contribution in [2.45, 2.75) is 20.3 Å². The standard InChI is InChI=1S/C14H15FO3/c1-9(2)18-13(14(16)17)10(3)8-11-4-6-12(15)7-5-11/h4-7H,1,8H2,2-3H3,(H,16,17)/b13-10+. The number of benzene rings is 1. The normalized spacial score (nSPS) is 11.7. The molecule has 0 aliphatic heterocycles. The van der Waals surface area contributed by atoms with Crippen molar-refractivity contribution in [1.82, 2.24) is 0 Å². The monoisotopic (exact) mass is 250 g/mol. The SMILES string of the molecule is C=C(C)O/C(C(=O)O)=C(\C)Cc1ccc(F)cc1. The van der Waals surface area contributed by atoms with Gasteiger partial charge in [-0.05, 0) is 43.5 Å². The van der Waals surface area contributed by atoms with Gasteiger partial charge in [0.2, 0.25) is 5.76 Å². The number of halogens is 1. The van der Waals surface area contributed by atoms with Crippen molar-refractivity contribution >= 4 is 5.97 Å². The fraction of sp³-hybridized carbons (Fsp3) is 0.214. The highest BCUT2D eigenvalue weighted by atomic mass is 19.1. The number of aliphatic carboxylic acids is 1. The highest BCUT2D eigenvalue weighted by Crippen LogP contribution is 2.16. The quantitative estimate of drug-likeness (QED) is 0.644. The van der Waals surface area contributed by atoms with E-state index >= 15 is 0 Å². The van der Waals surface area contributed by atoms with Crippen molar-refractivity contribution < 1.29 is 19.0 Å². The van der Waals surface area contributed by atoms with Crippen LogP contribution >= 0.6 is 0 Å². The zero-order valence-electron chi connectivity index (χ0n) is 10.4. The molecule has 3 nitrogen and oxygen atoms in total. The van der Waals surface area contributed by atoms with Crippen molar-refractivity contribution in [3.63, 3.8) is 0 Å². The highest BCUT2D eigenvalue weighted by molar-refractivity contribution is 5.85. The second-order valence-corrected chi connectivity index (χ2v) is 4.02. The Balaban J connectivity index is 2.94. The Morgan fingerprint density at radius 3 is 2.33 bits per heavy atom. The lowest BCUT2D eigenvalue weighted by atomic mass is 10.1. The Kier molecular flexibility index (Phi) is 4.66. The van der Waals surface area contributed by atoms with Crippen LogP contribution in [0.15, 0.2) is 47.9 Å². The van der Waals surface area contributed by atoms with Gasteiger partial charge in [0.1, 0.15) is 5.82 Å². The van der Waals surface area contributed by atoms with E-state index in [9.17, 15) is 9.18 Å². The van der Waals surface area contributed by atoms with Gasteiger partial charge in [0, 0.05) is 0 Å². The van der Waals surface area contributed by atoms with Gasteiger partial charge in [-0.15, -0.1) is 0 Å². The number of hydrogen-bond acceptors (Lipinski definition) is 2. The number of carboxylic acids is 1. The van der Waals surface area contributed by atoms with Crippen molar-refractivity contribution in [2.24, 2.45) is 0 Å². The summed E-state index contributed by atoms with van der Waals surface area (Å²) in [6.45, 7) is 6.75. The van der Waals surface area contributed by atoms with E-state index in [2.05, 4.69) is 6.58 Å². The van der Waals surface area contributed by atoms with Gasteiger partial charge in [-0.3, -0.25) is 0 Å². The van der Waals surface area contributed by atoms with E-state index in [-0.39, 0.29) is 11.6 Å². The van der Waals surface area contributed by atoms with Crippen molar-refractivity contribution in [3.05, 3.63) is 59.3 Å². The van der Waals surface area contributed by atoms with Gasteiger partial charge in [0.25, 0.3) is 0 Å². The molecule has 0 aliphatic carbocycles. The molecule has 0 amide bonds. The van der Waals surface area contributed by atoms with Crippen LogP contribution in [0.5, 0.6) is 0 Å². The predicted octanol–water partition coefficient (Wildman–Crippen LogP) is 3.28. The maximum absolute atomic E-state index is 12.7. The van der Waals surface area contributed by atoms with Crippen LogP contribution in [0.1, 0.15) is 19.4 Å². The third-order valence-corrected chi connectivity index (χ3v) is 2.24. The molecule has 0 spiro atoms. The number of hydrogen-bond donors (Lipinski definition) is 1. The fourth-order valence-electron chi connectivity index (χ4n) is 1.48. The fourth-order valence-corrected chi connectivity index (χ4v) is 1.48. The van der Waals surface area contributed by atoms with Crippen molar-refractivity contribution in [2.75, 3.05) is 0 Å². The number of allylic oxidation sites excluding steroid dienone is 2. The highest BCUT2D eigenvalue weighted by Gasteiger charge is 2.14. The molecule has 0 radical (unpaired) electrons. The molecule has 18 heavy (non-hydrogen) atoms. The van der Waals surface area contributed by atoms with Gasteiger partial charge in [-0.1, -0.05) is 18.7 Å². The Labute approximate surface area is 105 Å². The number of rotatable bonds is 5. The third kappa shape index (κ3) is 4.05. The lowest BCUT2D eigenvalue weighted by Crippen LogP contribution is -2.08. The molecule has 1 rings (SSSR count). The Morgan fingerprint density at radius 2 is 1.89 bits per heavy atom. The first-order chi connectivity index (χ1) is 8.40. The van der Waals surface area contributed by atoms with Gasteiger partial charge < -0.3 is 9.84 Å². The minimum atomic E-state index is -1.14. The average Bonchev–Trinajstić information content (AvgIpc) is 2.28. The first kappa shape index (κ1) is 14.0. The van der Waals surface area contributed by atoms with Crippen molar-refractivity contribution in [1.29, 1.82) is 0 Å². The zero-order chi connectivity index (χ0) is 13.7. The van der Waals surface area contributed by atoms with Crippen LogP contribution < -0.4 is 0 Å². The minimum Gasteiger partial charge on any atom is -0.475 e. The first-order valence-electron chi connectivity index (χ1n) is 5.41. The summed E-state index contributed by atoms with van der Waals surface area (Å²) in [4.78, 5) is 11.0. The summed E-state index contributed by atoms with van der Waals surface area (Å²) in [7, 11) is 0. The molecule has 96 valence electrons. The second kappa shape index (κ2) is 6.00. The van der Waals surface area contributed by atoms with Crippen LogP contribution in [0, 0.1) is 5.82 Å². The Hall–Kier alpha value is -2.10. The number of carboxylic acid groups (broad SMARTS) is 1. The summed E-state index contributed by atoms with van der Waals surface area (Å²) < 4.78 is 17.8. The summed E-state index contributed by atoms with van der Waals surface area (Å²) >= 11 is 0.